The van der Waals surface area contributed by atoms with E-state index in [1.54, 1.807) is 12.3 Å². The summed E-state index contributed by atoms with van der Waals surface area (Å²) in [5, 5.41) is 0.665. The molecule has 0 spiro atoms. The molecule has 1 aromatic carbocycles. The summed E-state index contributed by atoms with van der Waals surface area (Å²) in [5.74, 6) is 0. The Morgan fingerprint density at radius 1 is 1.23 bits per heavy atom. The fourth-order valence-electron chi connectivity index (χ4n) is 2.76. The van der Waals surface area contributed by atoms with Crippen LogP contribution in [0.15, 0.2) is 47.1 Å². The second kappa shape index (κ2) is 5.50. The van der Waals surface area contributed by atoms with Gasteiger partial charge in [0.2, 0.25) is 10.0 Å². The minimum atomic E-state index is -3.51. The largest absolute Gasteiger partial charge is 0.263 e. The summed E-state index contributed by atoms with van der Waals surface area (Å²) >= 11 is 6.11. The summed E-state index contributed by atoms with van der Waals surface area (Å²) < 4.78 is 26.2. The first-order chi connectivity index (χ1) is 10.4. The molecule has 0 radical (unpaired) electrons. The molecule has 0 bridgehead atoms. The molecule has 3 rings (SSSR count). The summed E-state index contributed by atoms with van der Waals surface area (Å²) in [6.07, 6.45) is 3.87. The van der Waals surface area contributed by atoms with Gasteiger partial charge in [0.05, 0.1) is 0 Å². The van der Waals surface area contributed by atoms with Crippen molar-refractivity contribution in [2.45, 2.75) is 18.2 Å². The van der Waals surface area contributed by atoms with E-state index < -0.39 is 10.0 Å². The maximum absolute atomic E-state index is 12.0. The fourth-order valence-corrected chi connectivity index (χ4v) is 3.65. The number of hydrogen-bond donors (Lipinski definition) is 1. The van der Waals surface area contributed by atoms with Gasteiger partial charge >= 0.3 is 0 Å². The van der Waals surface area contributed by atoms with Crippen molar-refractivity contribution in [3.05, 3.63) is 63.9 Å². The quantitative estimate of drug-likeness (QED) is 0.938. The molecule has 0 amide bonds. The molecule has 6 heteroatoms. The number of nitrogens with one attached hydrogen (secondary N) is 1. The van der Waals surface area contributed by atoms with Crippen LogP contribution in [0.2, 0.25) is 5.02 Å². The predicted molar refractivity (Wildman–Crippen MR) is 87.3 cm³/mol. The van der Waals surface area contributed by atoms with Crippen LogP contribution >= 0.6 is 11.6 Å². The van der Waals surface area contributed by atoms with Gasteiger partial charge in [-0.2, -0.15) is 0 Å². The van der Waals surface area contributed by atoms with Gasteiger partial charge in [0.25, 0.3) is 0 Å². The van der Waals surface area contributed by atoms with Gasteiger partial charge in [-0.3, -0.25) is 4.98 Å². The first kappa shape index (κ1) is 15.2. The van der Waals surface area contributed by atoms with Crippen LogP contribution in [0.25, 0.3) is 5.57 Å². The topological polar surface area (TPSA) is 59.1 Å². The van der Waals surface area contributed by atoms with Crippen molar-refractivity contribution in [3.63, 3.8) is 0 Å². The van der Waals surface area contributed by atoms with Crippen molar-refractivity contribution >= 4 is 27.2 Å². The zero-order valence-corrected chi connectivity index (χ0v) is 13.8. The molecule has 0 saturated heterocycles. The van der Waals surface area contributed by atoms with E-state index in [1.807, 2.05) is 25.1 Å². The predicted octanol–water partition coefficient (Wildman–Crippen LogP) is 3.02. The number of nitrogens with zero attached hydrogens (tertiary/aromatic N) is 1. The van der Waals surface area contributed by atoms with E-state index in [0.29, 0.717) is 5.02 Å². The molecule has 1 aliphatic rings. The van der Waals surface area contributed by atoms with E-state index in [4.69, 9.17) is 11.6 Å². The van der Waals surface area contributed by atoms with Gasteiger partial charge < -0.3 is 0 Å². The van der Waals surface area contributed by atoms with Gasteiger partial charge in [0.15, 0.2) is 0 Å². The molecule has 1 aromatic heterocycles. The van der Waals surface area contributed by atoms with Crippen molar-refractivity contribution in [2.24, 2.45) is 0 Å². The Morgan fingerprint density at radius 3 is 2.73 bits per heavy atom. The SMILES string of the molecule is CNS(=O)(=O)c1cncc(C2=C(C)Cc3ccc(Cl)cc32)c1. The molecule has 4 nitrogen and oxygen atoms in total. The molecule has 0 fully saturated rings. The molecular formula is C16H15ClN2O2S. The van der Waals surface area contributed by atoms with Crippen LogP contribution in [-0.4, -0.2) is 20.4 Å². The third-order valence-corrected chi connectivity index (χ3v) is 5.42. The first-order valence-corrected chi connectivity index (χ1v) is 8.66. The molecule has 22 heavy (non-hydrogen) atoms. The summed E-state index contributed by atoms with van der Waals surface area (Å²) in [5.41, 5.74) is 5.22. The number of aromatic nitrogens is 1. The van der Waals surface area contributed by atoms with Crippen molar-refractivity contribution in [1.29, 1.82) is 0 Å². The van der Waals surface area contributed by atoms with E-state index >= 15 is 0 Å². The third-order valence-electron chi connectivity index (χ3n) is 3.80. The van der Waals surface area contributed by atoms with Gasteiger partial charge in [0, 0.05) is 23.0 Å². The zero-order chi connectivity index (χ0) is 15.9. The third kappa shape index (κ3) is 2.56. The Kier molecular flexibility index (Phi) is 3.80. The summed E-state index contributed by atoms with van der Waals surface area (Å²) in [4.78, 5) is 4.24. The van der Waals surface area contributed by atoms with Crippen LogP contribution in [-0.2, 0) is 16.4 Å². The second-order valence-electron chi connectivity index (χ2n) is 5.25. The molecule has 0 atom stereocenters. The lowest BCUT2D eigenvalue weighted by Crippen LogP contribution is -2.18. The summed E-state index contributed by atoms with van der Waals surface area (Å²) in [6, 6.07) is 7.45. The van der Waals surface area contributed by atoms with E-state index in [2.05, 4.69) is 9.71 Å². The van der Waals surface area contributed by atoms with Crippen LogP contribution in [0.4, 0.5) is 0 Å². The lowest BCUT2D eigenvalue weighted by Gasteiger charge is -2.09. The van der Waals surface area contributed by atoms with Gasteiger partial charge in [0.1, 0.15) is 4.90 Å². The van der Waals surface area contributed by atoms with Crippen molar-refractivity contribution < 1.29 is 8.42 Å². The fraction of sp³-hybridized carbons (Fsp3) is 0.188. The molecule has 0 unspecified atom stereocenters. The van der Waals surface area contributed by atoms with E-state index in [9.17, 15) is 8.42 Å². The first-order valence-electron chi connectivity index (χ1n) is 6.80. The highest BCUT2D eigenvalue weighted by molar-refractivity contribution is 7.89. The van der Waals surface area contributed by atoms with Crippen molar-refractivity contribution in [1.82, 2.24) is 9.71 Å². The van der Waals surface area contributed by atoms with E-state index in [-0.39, 0.29) is 4.90 Å². The number of allylic oxidation sites excluding steroid dienone is 1. The summed E-state index contributed by atoms with van der Waals surface area (Å²) in [7, 11) is -2.13. The Morgan fingerprint density at radius 2 is 2.00 bits per heavy atom. The monoisotopic (exact) mass is 334 g/mol. The number of rotatable bonds is 3. The van der Waals surface area contributed by atoms with Crippen LogP contribution in [0.3, 0.4) is 0 Å². The van der Waals surface area contributed by atoms with Crippen LogP contribution in [0.1, 0.15) is 23.6 Å². The smallest absolute Gasteiger partial charge is 0.241 e. The minimum Gasteiger partial charge on any atom is -0.263 e. The number of fused-ring (bicyclic) bond motifs is 1. The number of benzene rings is 1. The highest BCUT2D eigenvalue weighted by Crippen LogP contribution is 2.38. The zero-order valence-electron chi connectivity index (χ0n) is 12.2. The molecule has 114 valence electrons. The van der Waals surface area contributed by atoms with Crippen molar-refractivity contribution in [2.75, 3.05) is 7.05 Å². The minimum absolute atomic E-state index is 0.156. The molecule has 2 aromatic rings. The Balaban J connectivity index is 2.16. The molecule has 1 N–H and O–H groups in total. The number of sulfonamides is 1. The average molecular weight is 335 g/mol. The Bertz CT molecular complexity index is 889. The Hall–Kier alpha value is -1.69. The van der Waals surface area contributed by atoms with Gasteiger partial charge in [-0.25, -0.2) is 13.1 Å². The molecule has 0 saturated carbocycles. The molecule has 1 heterocycles. The second-order valence-corrected chi connectivity index (χ2v) is 7.57. The molecular weight excluding hydrogens is 320 g/mol. The Labute approximate surface area is 134 Å². The standard InChI is InChI=1S/C16H15ClN2O2S/c1-10-5-11-3-4-13(17)7-15(11)16(10)12-6-14(9-19-8-12)22(20,21)18-2/h3-4,6-9,18H,5H2,1-2H3. The van der Waals surface area contributed by atoms with Crippen LogP contribution in [0, 0.1) is 0 Å². The normalized spacial score (nSPS) is 14.3. The van der Waals surface area contributed by atoms with E-state index in [0.717, 1.165) is 23.1 Å². The highest BCUT2D eigenvalue weighted by atomic mass is 35.5. The van der Waals surface area contributed by atoms with E-state index in [1.165, 1.54) is 24.4 Å². The number of hydrogen-bond acceptors (Lipinski definition) is 3. The lowest BCUT2D eigenvalue weighted by molar-refractivity contribution is 0.588. The lowest BCUT2D eigenvalue weighted by atomic mass is 9.99. The average Bonchev–Trinajstić information content (AvgIpc) is 2.82. The van der Waals surface area contributed by atoms with Gasteiger partial charge in [-0.15, -0.1) is 0 Å². The summed E-state index contributed by atoms with van der Waals surface area (Å²) in [6.45, 7) is 2.04. The maximum Gasteiger partial charge on any atom is 0.241 e. The van der Waals surface area contributed by atoms with Crippen molar-refractivity contribution in [3.8, 4) is 0 Å². The number of halogens is 1. The van der Waals surface area contributed by atoms with Gasteiger partial charge in [-0.05, 0) is 55.3 Å². The molecule has 0 aliphatic heterocycles. The maximum atomic E-state index is 12.0. The number of pyridine rings is 1. The van der Waals surface area contributed by atoms with Gasteiger partial charge in [-0.1, -0.05) is 23.2 Å². The van der Waals surface area contributed by atoms with Crippen LogP contribution < -0.4 is 4.72 Å². The molecule has 1 aliphatic carbocycles. The van der Waals surface area contributed by atoms with Crippen LogP contribution in [0.5, 0.6) is 0 Å². The highest BCUT2D eigenvalue weighted by Gasteiger charge is 2.22.